The van der Waals surface area contributed by atoms with Gasteiger partial charge in [0, 0.05) is 41.7 Å². The molecular weight excluding hydrogens is 264 g/mol. The smallest absolute Gasteiger partial charge is 0.272 e. The quantitative estimate of drug-likeness (QED) is 0.525. The van der Waals surface area contributed by atoms with Crippen molar-refractivity contribution in [1.29, 1.82) is 0 Å². The zero-order valence-electron chi connectivity index (χ0n) is 10.5. The number of nitrogens with one attached hydrogen (secondary N) is 1. The van der Waals surface area contributed by atoms with Crippen LogP contribution in [0.3, 0.4) is 0 Å². The summed E-state index contributed by atoms with van der Waals surface area (Å²) in [5.41, 5.74) is 1.59. The molecule has 1 N–H and O–H groups in total. The zero-order valence-corrected chi connectivity index (χ0v) is 11.3. The van der Waals surface area contributed by atoms with Crippen LogP contribution < -0.4 is 5.32 Å². The number of aryl methyl sites for hydroxylation is 1. The third-order valence-corrected chi connectivity index (χ3v) is 3.22. The number of nitro groups is 1. The average molecular weight is 276 g/mol. The van der Waals surface area contributed by atoms with Gasteiger partial charge in [-0.1, -0.05) is 0 Å². The predicted molar refractivity (Wildman–Crippen MR) is 73.5 cm³/mol. The monoisotopic (exact) mass is 276 g/mol. The second kappa shape index (κ2) is 5.66. The highest BCUT2D eigenvalue weighted by Gasteiger charge is 2.11. The van der Waals surface area contributed by atoms with E-state index in [-0.39, 0.29) is 5.69 Å². The van der Waals surface area contributed by atoms with Crippen LogP contribution in [0, 0.1) is 17.0 Å². The molecule has 0 aliphatic heterocycles. The number of hydrogen-bond donors (Lipinski definition) is 1. The maximum Gasteiger partial charge on any atom is 0.272 e. The Morgan fingerprint density at radius 1 is 1.37 bits per heavy atom. The molecule has 0 bridgehead atoms. The van der Waals surface area contributed by atoms with Gasteiger partial charge in [-0.25, -0.2) is 9.97 Å². The van der Waals surface area contributed by atoms with Gasteiger partial charge in [-0.15, -0.1) is 0 Å². The second-order valence-electron chi connectivity index (χ2n) is 3.81. The number of nitrogens with zero attached hydrogens (tertiary/aromatic N) is 3. The van der Waals surface area contributed by atoms with Crippen LogP contribution in [-0.4, -0.2) is 21.9 Å². The van der Waals surface area contributed by atoms with Crippen molar-refractivity contribution in [2.24, 2.45) is 0 Å². The first-order valence-corrected chi connectivity index (χ1v) is 6.35. The number of hydrogen-bond acceptors (Lipinski definition) is 6. The van der Waals surface area contributed by atoms with Gasteiger partial charge >= 0.3 is 0 Å². The lowest BCUT2D eigenvalue weighted by atomic mass is 10.3. The summed E-state index contributed by atoms with van der Waals surface area (Å²) in [6.45, 7) is 1.87. The molecule has 0 saturated carbocycles. The van der Waals surface area contributed by atoms with Crippen LogP contribution in [0.5, 0.6) is 0 Å². The molecule has 6 nitrogen and oxygen atoms in total. The highest BCUT2D eigenvalue weighted by molar-refractivity contribution is 7.99. The Morgan fingerprint density at radius 3 is 2.79 bits per heavy atom. The average Bonchev–Trinajstić information content (AvgIpc) is 2.38. The molecule has 0 radical (unpaired) electrons. The Bertz CT molecular complexity index is 618. The van der Waals surface area contributed by atoms with Crippen molar-refractivity contribution in [2.45, 2.75) is 17.0 Å². The van der Waals surface area contributed by atoms with Crippen molar-refractivity contribution < 1.29 is 4.92 Å². The molecule has 0 aliphatic carbocycles. The molecule has 0 atom stereocenters. The third kappa shape index (κ3) is 3.41. The second-order valence-corrected chi connectivity index (χ2v) is 4.85. The molecule has 1 aromatic heterocycles. The fourth-order valence-corrected chi connectivity index (χ4v) is 2.35. The lowest BCUT2D eigenvalue weighted by Crippen LogP contribution is -1.94. The first-order valence-electron chi connectivity index (χ1n) is 5.53. The summed E-state index contributed by atoms with van der Waals surface area (Å²) in [5.74, 6) is 0. The first-order chi connectivity index (χ1) is 9.08. The fourth-order valence-electron chi connectivity index (χ4n) is 1.47. The van der Waals surface area contributed by atoms with E-state index in [1.807, 2.05) is 13.0 Å². The first kappa shape index (κ1) is 13.3. The van der Waals surface area contributed by atoms with Gasteiger partial charge in [0.25, 0.3) is 5.69 Å². The van der Waals surface area contributed by atoms with Gasteiger partial charge in [0.05, 0.1) is 4.92 Å². The standard InChI is InChI=1S/C12H12N4O2S/c1-8-3-4-14-12(15-8)19-11-6-9(13-2)5-10(7-11)16(17)18/h3-7,13H,1-2H3. The topological polar surface area (TPSA) is 81.0 Å². The number of nitro benzene ring substituents is 1. The lowest BCUT2D eigenvalue weighted by Gasteiger charge is -2.05. The van der Waals surface area contributed by atoms with E-state index in [1.54, 1.807) is 19.3 Å². The van der Waals surface area contributed by atoms with Gasteiger partial charge in [0.15, 0.2) is 5.16 Å². The summed E-state index contributed by atoms with van der Waals surface area (Å²) in [6.07, 6.45) is 1.67. The summed E-state index contributed by atoms with van der Waals surface area (Å²) >= 11 is 1.30. The predicted octanol–water partition coefficient (Wildman–Crippen LogP) is 2.89. The summed E-state index contributed by atoms with van der Waals surface area (Å²) in [4.78, 5) is 19.6. The van der Waals surface area contributed by atoms with Crippen molar-refractivity contribution >= 4 is 23.1 Å². The fraction of sp³-hybridized carbons (Fsp3) is 0.167. The minimum atomic E-state index is -0.415. The maximum atomic E-state index is 10.9. The molecule has 1 heterocycles. The summed E-state index contributed by atoms with van der Waals surface area (Å²) < 4.78 is 0. The number of anilines is 1. The van der Waals surface area contributed by atoms with E-state index < -0.39 is 4.92 Å². The zero-order chi connectivity index (χ0) is 13.8. The molecule has 7 heteroatoms. The van der Waals surface area contributed by atoms with E-state index in [4.69, 9.17) is 0 Å². The minimum Gasteiger partial charge on any atom is -0.388 e. The van der Waals surface area contributed by atoms with Crippen LogP contribution in [0.1, 0.15) is 5.69 Å². The van der Waals surface area contributed by atoms with Gasteiger partial charge in [-0.2, -0.15) is 0 Å². The normalized spacial score (nSPS) is 10.2. The molecule has 0 spiro atoms. The highest BCUT2D eigenvalue weighted by atomic mass is 32.2. The van der Waals surface area contributed by atoms with E-state index in [9.17, 15) is 10.1 Å². The van der Waals surface area contributed by atoms with Crippen LogP contribution in [-0.2, 0) is 0 Å². The molecule has 98 valence electrons. The number of benzene rings is 1. The molecule has 2 rings (SSSR count). The van der Waals surface area contributed by atoms with Crippen LogP contribution in [0.4, 0.5) is 11.4 Å². The van der Waals surface area contributed by atoms with E-state index in [0.717, 1.165) is 10.6 Å². The van der Waals surface area contributed by atoms with E-state index in [0.29, 0.717) is 10.8 Å². The van der Waals surface area contributed by atoms with Gasteiger partial charge in [0.1, 0.15) is 0 Å². The van der Waals surface area contributed by atoms with E-state index in [2.05, 4.69) is 15.3 Å². The van der Waals surface area contributed by atoms with E-state index >= 15 is 0 Å². The van der Waals surface area contributed by atoms with Crippen LogP contribution in [0.25, 0.3) is 0 Å². The van der Waals surface area contributed by atoms with Crippen molar-refractivity contribution in [3.63, 3.8) is 0 Å². The highest BCUT2D eigenvalue weighted by Crippen LogP contribution is 2.30. The number of rotatable bonds is 4. The minimum absolute atomic E-state index is 0.0435. The molecule has 0 aliphatic rings. The number of non-ortho nitro benzene ring substituents is 1. The number of aromatic nitrogens is 2. The Balaban J connectivity index is 2.34. The largest absolute Gasteiger partial charge is 0.388 e. The van der Waals surface area contributed by atoms with Gasteiger partial charge in [0.2, 0.25) is 0 Å². The molecule has 2 aromatic rings. The van der Waals surface area contributed by atoms with Gasteiger partial charge in [-0.3, -0.25) is 10.1 Å². The Kier molecular flexibility index (Phi) is 3.96. The summed E-state index contributed by atoms with van der Waals surface area (Å²) in [6, 6.07) is 6.62. The van der Waals surface area contributed by atoms with Crippen molar-refractivity contribution in [1.82, 2.24) is 9.97 Å². The van der Waals surface area contributed by atoms with E-state index in [1.165, 1.54) is 23.9 Å². The van der Waals surface area contributed by atoms with Crippen LogP contribution in [0.15, 0.2) is 40.5 Å². The van der Waals surface area contributed by atoms with Crippen LogP contribution in [0.2, 0.25) is 0 Å². The summed E-state index contributed by atoms with van der Waals surface area (Å²) in [5, 5.41) is 14.3. The van der Waals surface area contributed by atoms with Gasteiger partial charge in [-0.05, 0) is 30.8 Å². The molecule has 19 heavy (non-hydrogen) atoms. The molecular formula is C12H12N4O2S. The Labute approximate surface area is 114 Å². The van der Waals surface area contributed by atoms with Crippen molar-refractivity contribution in [2.75, 3.05) is 12.4 Å². The molecule has 0 saturated heterocycles. The SMILES string of the molecule is CNc1cc(Sc2nccc(C)n2)cc([N+](=O)[O-])c1. The van der Waals surface area contributed by atoms with Crippen molar-refractivity contribution in [3.05, 3.63) is 46.3 Å². The summed E-state index contributed by atoms with van der Waals surface area (Å²) in [7, 11) is 1.72. The Hall–Kier alpha value is -2.15. The molecule has 0 fully saturated rings. The molecule has 0 unspecified atom stereocenters. The molecule has 0 amide bonds. The van der Waals surface area contributed by atoms with Crippen LogP contribution >= 0.6 is 11.8 Å². The lowest BCUT2D eigenvalue weighted by molar-refractivity contribution is -0.385. The third-order valence-electron chi connectivity index (χ3n) is 2.37. The maximum absolute atomic E-state index is 10.9. The van der Waals surface area contributed by atoms with Crippen molar-refractivity contribution in [3.8, 4) is 0 Å². The Morgan fingerprint density at radius 2 is 2.16 bits per heavy atom. The molecule has 1 aromatic carbocycles. The van der Waals surface area contributed by atoms with Gasteiger partial charge < -0.3 is 5.32 Å².